The monoisotopic (exact) mass is 568 g/mol. The van der Waals surface area contributed by atoms with Crippen LogP contribution in [0.1, 0.15) is 30.6 Å². The number of alkyl halides is 3. The molecular formula is C20H28F3IN6O2. The number of methoxy groups -OCH3 is 1. The van der Waals surface area contributed by atoms with Crippen molar-refractivity contribution in [2.45, 2.75) is 51.7 Å². The maximum Gasteiger partial charge on any atom is 0.422 e. The van der Waals surface area contributed by atoms with E-state index in [2.05, 4.69) is 25.7 Å². The first-order chi connectivity index (χ1) is 14.9. The van der Waals surface area contributed by atoms with Gasteiger partial charge in [-0.15, -0.1) is 24.0 Å². The van der Waals surface area contributed by atoms with Crippen molar-refractivity contribution >= 4 is 29.9 Å². The van der Waals surface area contributed by atoms with Crippen molar-refractivity contribution in [1.29, 1.82) is 0 Å². The molecule has 1 unspecified atom stereocenters. The Labute approximate surface area is 202 Å². The van der Waals surface area contributed by atoms with Gasteiger partial charge in [0.1, 0.15) is 18.2 Å². The van der Waals surface area contributed by atoms with Crippen LogP contribution in [0.5, 0.6) is 5.75 Å². The first-order valence-electron chi connectivity index (χ1n) is 10.1. The number of benzene rings is 1. The molecule has 1 aromatic carbocycles. The average molecular weight is 568 g/mol. The van der Waals surface area contributed by atoms with Crippen LogP contribution in [0, 0.1) is 0 Å². The van der Waals surface area contributed by atoms with E-state index in [4.69, 9.17) is 9.47 Å². The van der Waals surface area contributed by atoms with Crippen LogP contribution in [0.4, 0.5) is 13.2 Å². The third kappa shape index (κ3) is 8.11. The van der Waals surface area contributed by atoms with Crippen molar-refractivity contribution in [2.75, 3.05) is 20.3 Å². The lowest BCUT2D eigenvalue weighted by Gasteiger charge is -2.25. The number of guanidine groups is 1. The van der Waals surface area contributed by atoms with Crippen molar-refractivity contribution in [3.63, 3.8) is 0 Å². The molecule has 1 aromatic heterocycles. The topological polar surface area (TPSA) is 85.6 Å². The molecule has 0 saturated heterocycles. The molecule has 0 bridgehead atoms. The van der Waals surface area contributed by atoms with Gasteiger partial charge in [0.25, 0.3) is 0 Å². The lowest BCUT2D eigenvalue weighted by molar-refractivity contribution is -0.153. The highest BCUT2D eigenvalue weighted by molar-refractivity contribution is 14.0. The van der Waals surface area contributed by atoms with E-state index in [9.17, 15) is 13.2 Å². The van der Waals surface area contributed by atoms with Crippen LogP contribution in [-0.2, 0) is 30.9 Å². The number of nitrogens with one attached hydrogen (secondary N) is 2. The second-order valence-electron chi connectivity index (χ2n) is 7.19. The van der Waals surface area contributed by atoms with Crippen LogP contribution < -0.4 is 15.4 Å². The molecule has 3 rings (SSSR count). The zero-order valence-corrected chi connectivity index (χ0v) is 20.3. The van der Waals surface area contributed by atoms with Gasteiger partial charge in [0.2, 0.25) is 0 Å². The molecule has 0 amide bonds. The highest BCUT2D eigenvalue weighted by atomic mass is 127. The summed E-state index contributed by atoms with van der Waals surface area (Å²) in [6, 6.07) is 6.65. The first-order valence-corrected chi connectivity index (χ1v) is 10.1. The molecule has 0 fully saturated rings. The second kappa shape index (κ2) is 12.2. The van der Waals surface area contributed by atoms with Gasteiger partial charge in [0, 0.05) is 26.1 Å². The molecule has 32 heavy (non-hydrogen) atoms. The van der Waals surface area contributed by atoms with Crippen molar-refractivity contribution < 1.29 is 22.6 Å². The first kappa shape index (κ1) is 26.2. The van der Waals surface area contributed by atoms with Gasteiger partial charge in [-0.1, -0.05) is 12.1 Å². The lowest BCUT2D eigenvalue weighted by atomic mass is 10.1. The molecule has 0 aliphatic carbocycles. The van der Waals surface area contributed by atoms with Crippen molar-refractivity contribution in [3.05, 3.63) is 41.5 Å². The predicted molar refractivity (Wildman–Crippen MR) is 124 cm³/mol. The molecule has 2 heterocycles. The zero-order chi connectivity index (χ0) is 22.3. The SMILES string of the molecule is CCNC(=NCc1cccc(OCC(F)(F)F)c1)NC1CCc2nc(COC)nn2C1.I. The normalized spacial score (nSPS) is 16.2. The number of fused-ring (bicyclic) bond motifs is 1. The van der Waals surface area contributed by atoms with Crippen molar-refractivity contribution in [1.82, 2.24) is 25.4 Å². The second-order valence-corrected chi connectivity index (χ2v) is 7.19. The van der Waals surface area contributed by atoms with Gasteiger partial charge >= 0.3 is 6.18 Å². The summed E-state index contributed by atoms with van der Waals surface area (Å²) in [6.07, 6.45) is -2.69. The molecule has 0 radical (unpaired) electrons. The van der Waals surface area contributed by atoms with E-state index < -0.39 is 12.8 Å². The number of rotatable bonds is 8. The summed E-state index contributed by atoms with van der Waals surface area (Å²) in [7, 11) is 1.61. The van der Waals surface area contributed by atoms with Crippen molar-refractivity contribution in [2.24, 2.45) is 4.99 Å². The molecule has 0 spiro atoms. The van der Waals surface area contributed by atoms with Crippen LogP contribution in [0.3, 0.4) is 0 Å². The maximum absolute atomic E-state index is 12.4. The molecule has 2 N–H and O–H groups in total. The standard InChI is InChI=1S/C20H27F3N6O2.HI/c1-3-24-19(25-10-14-5-4-6-16(9-14)31-13-20(21,22)23)26-15-7-8-18-27-17(12-30-2)28-29(18)11-15;/h4-6,9,15H,3,7-8,10-13H2,1-2H3,(H2,24,25,26);1H. The molecule has 8 nitrogen and oxygen atoms in total. The zero-order valence-electron chi connectivity index (χ0n) is 18.0. The Morgan fingerprint density at radius 3 is 2.88 bits per heavy atom. The smallest absolute Gasteiger partial charge is 0.422 e. The van der Waals surface area contributed by atoms with Crippen LogP contribution in [0.15, 0.2) is 29.3 Å². The fourth-order valence-electron chi connectivity index (χ4n) is 3.25. The number of ether oxygens (including phenoxy) is 2. The van der Waals surface area contributed by atoms with E-state index in [1.54, 1.807) is 25.3 Å². The molecule has 0 saturated carbocycles. The summed E-state index contributed by atoms with van der Waals surface area (Å²) < 4.78 is 48.9. The van der Waals surface area contributed by atoms with Crippen molar-refractivity contribution in [3.8, 4) is 5.75 Å². The Bertz CT molecular complexity index is 890. The summed E-state index contributed by atoms with van der Waals surface area (Å²) in [4.78, 5) is 9.05. The number of nitrogens with zero attached hydrogens (tertiary/aromatic N) is 4. The Kier molecular flexibility index (Phi) is 10.0. The van der Waals surface area contributed by atoms with Crippen LogP contribution in [0.2, 0.25) is 0 Å². The van der Waals surface area contributed by atoms with Crippen LogP contribution >= 0.6 is 24.0 Å². The Hall–Kier alpha value is -2.09. The third-order valence-electron chi connectivity index (χ3n) is 4.58. The Morgan fingerprint density at radius 1 is 1.34 bits per heavy atom. The van der Waals surface area contributed by atoms with Crippen LogP contribution in [0.25, 0.3) is 0 Å². The quantitative estimate of drug-likeness (QED) is 0.290. The minimum Gasteiger partial charge on any atom is -0.484 e. The average Bonchev–Trinajstić information content (AvgIpc) is 3.12. The van der Waals surface area contributed by atoms with E-state index in [1.807, 2.05) is 11.6 Å². The molecular weight excluding hydrogens is 540 g/mol. The molecule has 2 aromatic rings. The summed E-state index contributed by atoms with van der Waals surface area (Å²) in [6.45, 7) is 2.68. The third-order valence-corrected chi connectivity index (χ3v) is 4.58. The molecule has 178 valence electrons. The van der Waals surface area contributed by atoms with E-state index in [0.29, 0.717) is 38.0 Å². The highest BCUT2D eigenvalue weighted by Crippen LogP contribution is 2.20. The summed E-state index contributed by atoms with van der Waals surface area (Å²) in [5, 5.41) is 11.1. The van der Waals surface area contributed by atoms with E-state index in [0.717, 1.165) is 24.2 Å². The Balaban J connectivity index is 0.00000363. The molecule has 1 aliphatic rings. The summed E-state index contributed by atoms with van der Waals surface area (Å²) in [5.41, 5.74) is 0.753. The van der Waals surface area contributed by atoms with Gasteiger partial charge in [-0.25, -0.2) is 14.7 Å². The largest absolute Gasteiger partial charge is 0.484 e. The number of hydrogen-bond donors (Lipinski definition) is 2. The van der Waals surface area contributed by atoms with E-state index in [-0.39, 0.29) is 35.8 Å². The van der Waals surface area contributed by atoms with Gasteiger partial charge in [-0.05, 0) is 31.0 Å². The van der Waals surface area contributed by atoms with Gasteiger partial charge < -0.3 is 20.1 Å². The number of aryl methyl sites for hydroxylation is 1. The molecule has 1 aliphatic heterocycles. The number of halogens is 4. The summed E-state index contributed by atoms with van der Waals surface area (Å²) >= 11 is 0. The lowest BCUT2D eigenvalue weighted by Crippen LogP contribution is -2.47. The maximum atomic E-state index is 12.4. The number of aliphatic imine (C=N–C) groups is 1. The van der Waals surface area contributed by atoms with Gasteiger partial charge in [0.05, 0.1) is 13.1 Å². The highest BCUT2D eigenvalue weighted by Gasteiger charge is 2.28. The number of hydrogen-bond acceptors (Lipinski definition) is 5. The van der Waals surface area contributed by atoms with Gasteiger partial charge in [0.15, 0.2) is 18.4 Å². The van der Waals surface area contributed by atoms with E-state index >= 15 is 0 Å². The fourth-order valence-corrected chi connectivity index (χ4v) is 3.25. The molecule has 12 heteroatoms. The van der Waals surface area contributed by atoms with Gasteiger partial charge in [-0.2, -0.15) is 18.3 Å². The minimum absolute atomic E-state index is 0. The number of aromatic nitrogens is 3. The summed E-state index contributed by atoms with van der Waals surface area (Å²) in [5.74, 6) is 2.42. The van der Waals surface area contributed by atoms with Crippen LogP contribution in [-0.4, -0.2) is 53.2 Å². The van der Waals surface area contributed by atoms with Gasteiger partial charge in [-0.3, -0.25) is 0 Å². The fraction of sp³-hybridized carbons (Fsp3) is 0.550. The van der Waals surface area contributed by atoms with E-state index in [1.165, 1.54) is 6.07 Å². The Morgan fingerprint density at radius 2 is 2.16 bits per heavy atom. The predicted octanol–water partition coefficient (Wildman–Crippen LogP) is 3.05. The minimum atomic E-state index is -4.37. The molecule has 1 atom stereocenters.